The number of nitrogens with one attached hydrogen (secondary N) is 1. The van der Waals surface area contributed by atoms with Crippen molar-refractivity contribution in [2.24, 2.45) is 5.92 Å². The molecule has 5 nitrogen and oxygen atoms in total. The molecule has 1 atom stereocenters. The minimum atomic E-state index is -0.201. The Hall–Kier alpha value is -2.74. The number of fused-ring (bicyclic) bond motifs is 1. The third-order valence-electron chi connectivity index (χ3n) is 5.54. The molecule has 0 bridgehead atoms. The molecule has 27 heavy (non-hydrogen) atoms. The van der Waals surface area contributed by atoms with Crippen LogP contribution in [0.5, 0.6) is 0 Å². The second-order valence-corrected chi connectivity index (χ2v) is 7.65. The molecule has 0 aromatic carbocycles. The lowest BCUT2D eigenvalue weighted by Crippen LogP contribution is -2.35. The van der Waals surface area contributed by atoms with Crippen molar-refractivity contribution < 1.29 is 9.59 Å². The number of aromatic nitrogens is 1. The van der Waals surface area contributed by atoms with Gasteiger partial charge in [-0.15, -0.1) is 0 Å². The monoisotopic (exact) mass is 361 g/mol. The molecule has 4 rings (SSSR count). The van der Waals surface area contributed by atoms with E-state index in [0.29, 0.717) is 12.2 Å². The van der Waals surface area contributed by atoms with Crippen LogP contribution >= 0.6 is 0 Å². The lowest BCUT2D eigenvalue weighted by Gasteiger charge is -2.24. The molecule has 1 heterocycles. The third-order valence-corrected chi connectivity index (χ3v) is 5.54. The summed E-state index contributed by atoms with van der Waals surface area (Å²) < 4.78 is 0. The van der Waals surface area contributed by atoms with E-state index in [1.807, 2.05) is 6.07 Å². The molecule has 0 saturated heterocycles. The number of nitrogens with zero attached hydrogens (tertiary/aromatic N) is 2. The highest BCUT2D eigenvalue weighted by atomic mass is 16.1. The fourth-order valence-electron chi connectivity index (χ4n) is 3.94. The highest BCUT2D eigenvalue weighted by Crippen LogP contribution is 2.35. The standard InChI is InChI=1S/C22H23N3O2/c23-11-10-22(27)25-16-8-6-14(7-9-16)19-12-17(13-21(26)15-4-5-15)24-20-3-1-2-18(19)20/h1-2,6,12,15-16H,3-5,7-10,13H2,(H,25,27). The van der Waals surface area contributed by atoms with E-state index in [1.54, 1.807) is 0 Å². The first-order valence-corrected chi connectivity index (χ1v) is 9.72. The molecule has 3 aliphatic carbocycles. The Kier molecular flexibility index (Phi) is 4.89. The van der Waals surface area contributed by atoms with Crippen LogP contribution < -0.4 is 5.32 Å². The van der Waals surface area contributed by atoms with Crippen LogP contribution in [0.1, 0.15) is 61.0 Å². The molecule has 1 amide bonds. The van der Waals surface area contributed by atoms with Gasteiger partial charge in [0.2, 0.25) is 5.91 Å². The molecule has 1 N–H and O–H groups in total. The van der Waals surface area contributed by atoms with Gasteiger partial charge >= 0.3 is 0 Å². The lowest BCUT2D eigenvalue weighted by molar-refractivity contribution is -0.121. The number of Topliss-reactive ketones (excluding diaryl/α,β-unsaturated/α-hetero) is 1. The first-order valence-electron chi connectivity index (χ1n) is 9.72. The van der Waals surface area contributed by atoms with Gasteiger partial charge in [-0.3, -0.25) is 14.6 Å². The van der Waals surface area contributed by atoms with E-state index in [2.05, 4.69) is 29.6 Å². The van der Waals surface area contributed by atoms with Crippen molar-refractivity contribution in [3.05, 3.63) is 40.7 Å². The Labute approximate surface area is 159 Å². The molecule has 0 spiro atoms. The Morgan fingerprint density at radius 2 is 2.15 bits per heavy atom. The van der Waals surface area contributed by atoms with Gasteiger partial charge in [-0.05, 0) is 49.3 Å². The zero-order valence-electron chi connectivity index (χ0n) is 15.3. The molecule has 5 heteroatoms. The van der Waals surface area contributed by atoms with Crippen molar-refractivity contribution >= 4 is 23.3 Å². The van der Waals surface area contributed by atoms with E-state index in [1.165, 1.54) is 16.7 Å². The fourth-order valence-corrected chi connectivity index (χ4v) is 3.94. The van der Waals surface area contributed by atoms with Gasteiger partial charge in [0, 0.05) is 36.1 Å². The van der Waals surface area contributed by atoms with Gasteiger partial charge in [0.1, 0.15) is 12.2 Å². The van der Waals surface area contributed by atoms with Crippen LogP contribution in [0.25, 0.3) is 11.6 Å². The SMILES string of the molecule is N#CCC(=O)NC1CC=C(c2cc(CC(=O)C3CC3)nc3c2C=CC3)CC1. The Bertz CT molecular complexity index is 888. The summed E-state index contributed by atoms with van der Waals surface area (Å²) in [6.45, 7) is 0. The van der Waals surface area contributed by atoms with Gasteiger partial charge in [0.05, 0.1) is 11.8 Å². The molecule has 1 saturated carbocycles. The summed E-state index contributed by atoms with van der Waals surface area (Å²) in [5, 5.41) is 11.5. The normalized spacial score (nSPS) is 20.6. The second kappa shape index (κ2) is 7.48. The van der Waals surface area contributed by atoms with Gasteiger partial charge in [-0.25, -0.2) is 0 Å². The van der Waals surface area contributed by atoms with Crippen LogP contribution in [-0.4, -0.2) is 22.7 Å². The number of hydrogen-bond acceptors (Lipinski definition) is 4. The van der Waals surface area contributed by atoms with Crippen LogP contribution in [0, 0.1) is 17.2 Å². The summed E-state index contributed by atoms with van der Waals surface area (Å²) in [6, 6.07) is 4.07. The molecule has 1 aromatic rings. The fraction of sp³-hybridized carbons (Fsp3) is 0.455. The number of allylic oxidation sites excluding steroid dienone is 2. The van der Waals surface area contributed by atoms with Crippen molar-refractivity contribution in [2.45, 2.75) is 57.4 Å². The molecular weight excluding hydrogens is 338 g/mol. The van der Waals surface area contributed by atoms with Crippen molar-refractivity contribution in [3.63, 3.8) is 0 Å². The minimum Gasteiger partial charge on any atom is -0.352 e. The number of ketones is 1. The topological polar surface area (TPSA) is 82.9 Å². The summed E-state index contributed by atoms with van der Waals surface area (Å²) in [5.41, 5.74) is 5.59. The maximum atomic E-state index is 12.2. The summed E-state index contributed by atoms with van der Waals surface area (Å²) in [6.07, 6.45) is 12.2. The van der Waals surface area contributed by atoms with Crippen LogP contribution in [0.2, 0.25) is 0 Å². The van der Waals surface area contributed by atoms with Gasteiger partial charge in [0.15, 0.2) is 0 Å². The summed E-state index contributed by atoms with van der Waals surface area (Å²) >= 11 is 0. The van der Waals surface area contributed by atoms with Gasteiger partial charge in [-0.2, -0.15) is 5.26 Å². The van der Waals surface area contributed by atoms with E-state index in [4.69, 9.17) is 10.2 Å². The van der Waals surface area contributed by atoms with Crippen LogP contribution in [0.4, 0.5) is 0 Å². The Morgan fingerprint density at radius 3 is 2.85 bits per heavy atom. The first-order chi connectivity index (χ1) is 13.1. The largest absolute Gasteiger partial charge is 0.352 e. The summed E-state index contributed by atoms with van der Waals surface area (Å²) in [4.78, 5) is 28.6. The minimum absolute atomic E-state index is 0.0892. The summed E-state index contributed by atoms with van der Waals surface area (Å²) in [5.74, 6) is 0.374. The predicted molar refractivity (Wildman–Crippen MR) is 102 cm³/mol. The van der Waals surface area contributed by atoms with Gasteiger partial charge in [-0.1, -0.05) is 18.2 Å². The molecule has 1 unspecified atom stereocenters. The van der Waals surface area contributed by atoms with Crippen LogP contribution in [-0.2, 0) is 22.4 Å². The van der Waals surface area contributed by atoms with E-state index in [-0.39, 0.29) is 24.3 Å². The molecule has 3 aliphatic rings. The number of hydrogen-bond donors (Lipinski definition) is 1. The molecule has 138 valence electrons. The Balaban J connectivity index is 1.52. The number of amides is 1. The molecule has 0 radical (unpaired) electrons. The van der Waals surface area contributed by atoms with Crippen molar-refractivity contribution in [1.82, 2.24) is 10.3 Å². The highest BCUT2D eigenvalue weighted by Gasteiger charge is 2.30. The average molecular weight is 361 g/mol. The average Bonchev–Trinajstić information content (AvgIpc) is 3.40. The first kappa shape index (κ1) is 17.7. The van der Waals surface area contributed by atoms with Crippen molar-refractivity contribution in [1.29, 1.82) is 5.26 Å². The number of carbonyl (C=O) groups is 2. The second-order valence-electron chi connectivity index (χ2n) is 7.65. The van der Waals surface area contributed by atoms with Crippen molar-refractivity contribution in [2.75, 3.05) is 0 Å². The lowest BCUT2D eigenvalue weighted by atomic mass is 9.88. The number of pyridine rings is 1. The quantitative estimate of drug-likeness (QED) is 0.844. The zero-order valence-corrected chi connectivity index (χ0v) is 15.3. The van der Waals surface area contributed by atoms with Crippen LogP contribution in [0.3, 0.4) is 0 Å². The van der Waals surface area contributed by atoms with E-state index in [0.717, 1.165) is 49.9 Å². The number of nitriles is 1. The van der Waals surface area contributed by atoms with E-state index < -0.39 is 0 Å². The van der Waals surface area contributed by atoms with E-state index in [9.17, 15) is 9.59 Å². The van der Waals surface area contributed by atoms with Gasteiger partial charge in [0.25, 0.3) is 0 Å². The predicted octanol–water partition coefficient (Wildman–Crippen LogP) is 3.14. The smallest absolute Gasteiger partial charge is 0.234 e. The van der Waals surface area contributed by atoms with Crippen molar-refractivity contribution in [3.8, 4) is 6.07 Å². The number of carbonyl (C=O) groups excluding carboxylic acids is 2. The highest BCUT2D eigenvalue weighted by molar-refractivity contribution is 5.86. The maximum absolute atomic E-state index is 12.2. The summed E-state index contributed by atoms with van der Waals surface area (Å²) in [7, 11) is 0. The Morgan fingerprint density at radius 1 is 1.30 bits per heavy atom. The van der Waals surface area contributed by atoms with E-state index >= 15 is 0 Å². The molecular formula is C22H23N3O2. The molecule has 1 fully saturated rings. The number of rotatable bonds is 6. The van der Waals surface area contributed by atoms with Gasteiger partial charge < -0.3 is 5.32 Å². The molecule has 0 aliphatic heterocycles. The zero-order chi connectivity index (χ0) is 18.8. The maximum Gasteiger partial charge on any atom is 0.234 e. The third kappa shape index (κ3) is 4.00. The molecule has 1 aromatic heterocycles. The van der Waals surface area contributed by atoms with Crippen LogP contribution in [0.15, 0.2) is 18.2 Å².